The van der Waals surface area contributed by atoms with E-state index in [0.29, 0.717) is 6.54 Å². The fourth-order valence-electron chi connectivity index (χ4n) is 3.37. The van der Waals surface area contributed by atoms with Crippen molar-refractivity contribution in [2.24, 2.45) is 10.9 Å². The molecule has 0 amide bonds. The van der Waals surface area contributed by atoms with Crippen molar-refractivity contribution in [2.45, 2.75) is 110 Å². The van der Waals surface area contributed by atoms with Crippen molar-refractivity contribution in [3.05, 3.63) is 18.7 Å². The maximum absolute atomic E-state index is 8.59. The van der Waals surface area contributed by atoms with E-state index in [-0.39, 0.29) is 5.84 Å². The number of hydrogen-bond acceptors (Lipinski definition) is 2. The lowest BCUT2D eigenvalue weighted by atomic mass is 10.0. The predicted molar refractivity (Wildman–Crippen MR) is 108 cm³/mol. The summed E-state index contributed by atoms with van der Waals surface area (Å²) in [6.45, 7) is 3.76. The van der Waals surface area contributed by atoms with E-state index >= 15 is 0 Å². The van der Waals surface area contributed by atoms with Gasteiger partial charge in [0.25, 0.3) is 0 Å². The molecule has 1 heterocycles. The molecule has 0 radical (unpaired) electrons. The maximum Gasteiger partial charge on any atom is 0.244 e. The summed E-state index contributed by atoms with van der Waals surface area (Å²) in [5.41, 5.74) is 5.52. The average molecular weight is 366 g/mol. The number of nitrogens with zero attached hydrogens (tertiary/aromatic N) is 3. The third-order valence-electron chi connectivity index (χ3n) is 4.99. The fraction of sp³-hybridized carbons (Fsp3) is 0.810. The Labute approximate surface area is 160 Å². The van der Waals surface area contributed by atoms with Gasteiger partial charge in [-0.15, -0.1) is 0 Å². The highest BCUT2D eigenvalue weighted by atomic mass is 16.4. The van der Waals surface area contributed by atoms with Crippen LogP contribution in [0.4, 0.5) is 0 Å². The lowest BCUT2D eigenvalue weighted by Gasteiger charge is -2.03. The number of hydrogen-bond donors (Lipinski definition) is 2. The van der Waals surface area contributed by atoms with Gasteiger partial charge in [0, 0.05) is 0 Å². The fourth-order valence-corrected chi connectivity index (χ4v) is 3.37. The van der Waals surface area contributed by atoms with Gasteiger partial charge in [0.2, 0.25) is 6.33 Å². The molecule has 0 saturated carbocycles. The highest BCUT2D eigenvalue weighted by molar-refractivity contribution is 5.78. The Kier molecular flexibility index (Phi) is 13.6. The summed E-state index contributed by atoms with van der Waals surface area (Å²) >= 11 is 0. The van der Waals surface area contributed by atoms with E-state index in [2.05, 4.69) is 16.6 Å². The summed E-state index contributed by atoms with van der Waals surface area (Å²) in [6.07, 6.45) is 25.5. The normalized spacial score (nSPS) is 12.0. The first-order valence-corrected chi connectivity index (χ1v) is 10.8. The van der Waals surface area contributed by atoms with Crippen molar-refractivity contribution < 1.29 is 9.77 Å². The minimum absolute atomic E-state index is 0.226. The number of aryl methyl sites for hydroxylation is 1. The highest BCUT2D eigenvalue weighted by Gasteiger charge is 2.05. The van der Waals surface area contributed by atoms with Crippen molar-refractivity contribution in [3.8, 4) is 0 Å². The van der Waals surface area contributed by atoms with Gasteiger partial charge in [0.1, 0.15) is 12.4 Å². The summed E-state index contributed by atoms with van der Waals surface area (Å²) in [5, 5.41) is 11.6. The molecule has 0 bridgehead atoms. The number of oxime groups is 1. The molecular formula is C21H41N4O+. The van der Waals surface area contributed by atoms with Crippen molar-refractivity contribution in [1.29, 1.82) is 0 Å². The second-order valence-corrected chi connectivity index (χ2v) is 7.51. The SMILES string of the molecule is CCCCCCCCCCCCCCCCn1cc[n+](C/C(N)=N/O)c1. The molecule has 1 rings (SSSR count). The molecule has 0 aliphatic heterocycles. The number of aromatic nitrogens is 2. The predicted octanol–water partition coefficient (Wildman–Crippen LogP) is 5.00. The number of amidine groups is 1. The van der Waals surface area contributed by atoms with Crippen molar-refractivity contribution in [2.75, 3.05) is 0 Å². The average Bonchev–Trinajstić information content (AvgIpc) is 3.09. The minimum Gasteiger partial charge on any atom is -0.409 e. The highest BCUT2D eigenvalue weighted by Crippen LogP contribution is 2.13. The topological polar surface area (TPSA) is 67.4 Å². The number of nitrogens with two attached hydrogens (primary N) is 1. The van der Waals surface area contributed by atoms with Crippen molar-refractivity contribution in [3.63, 3.8) is 0 Å². The number of unbranched alkanes of at least 4 members (excludes halogenated alkanes) is 13. The summed E-state index contributed by atoms with van der Waals surface area (Å²) in [5.74, 6) is 0.226. The van der Waals surface area contributed by atoms with Gasteiger partial charge in [0.05, 0.1) is 6.54 Å². The molecular weight excluding hydrogens is 324 g/mol. The quantitative estimate of drug-likeness (QED) is 0.102. The molecule has 5 heteroatoms. The van der Waals surface area contributed by atoms with Crippen LogP contribution in [0.3, 0.4) is 0 Å². The second kappa shape index (κ2) is 15.7. The van der Waals surface area contributed by atoms with Crippen LogP contribution in [-0.2, 0) is 13.1 Å². The zero-order chi connectivity index (χ0) is 18.9. The Hall–Kier alpha value is -1.52. The van der Waals surface area contributed by atoms with Crippen LogP contribution in [0.2, 0.25) is 0 Å². The smallest absolute Gasteiger partial charge is 0.244 e. The first kappa shape index (κ1) is 22.5. The van der Waals surface area contributed by atoms with Crippen LogP contribution >= 0.6 is 0 Å². The van der Waals surface area contributed by atoms with Gasteiger partial charge in [-0.25, -0.2) is 9.13 Å². The van der Waals surface area contributed by atoms with Crippen LogP contribution in [0.1, 0.15) is 96.8 Å². The zero-order valence-electron chi connectivity index (χ0n) is 16.9. The maximum atomic E-state index is 8.59. The third kappa shape index (κ3) is 11.9. The van der Waals surface area contributed by atoms with Crippen LogP contribution in [-0.4, -0.2) is 15.6 Å². The molecule has 0 aromatic carbocycles. The molecule has 0 saturated heterocycles. The molecule has 0 aliphatic rings. The molecule has 0 fully saturated rings. The van der Waals surface area contributed by atoms with Gasteiger partial charge in [-0.05, 0) is 12.8 Å². The Morgan fingerprint density at radius 1 is 0.885 bits per heavy atom. The molecule has 26 heavy (non-hydrogen) atoms. The van der Waals surface area contributed by atoms with Crippen LogP contribution < -0.4 is 10.3 Å². The van der Waals surface area contributed by atoms with Crippen LogP contribution in [0, 0.1) is 0 Å². The molecule has 0 atom stereocenters. The summed E-state index contributed by atoms with van der Waals surface area (Å²) in [4.78, 5) is 0. The van der Waals surface area contributed by atoms with Crippen molar-refractivity contribution >= 4 is 5.84 Å². The summed E-state index contributed by atoms with van der Waals surface area (Å²) in [7, 11) is 0. The van der Waals surface area contributed by atoms with Gasteiger partial charge in [-0.1, -0.05) is 89.1 Å². The van der Waals surface area contributed by atoms with E-state index in [1.807, 2.05) is 23.3 Å². The van der Waals surface area contributed by atoms with Crippen LogP contribution in [0.25, 0.3) is 0 Å². The van der Waals surface area contributed by atoms with E-state index in [0.717, 1.165) is 6.54 Å². The Morgan fingerprint density at radius 3 is 1.88 bits per heavy atom. The zero-order valence-corrected chi connectivity index (χ0v) is 16.9. The summed E-state index contributed by atoms with van der Waals surface area (Å²) in [6, 6.07) is 0. The Balaban J connectivity index is 1.86. The second-order valence-electron chi connectivity index (χ2n) is 7.51. The van der Waals surface area contributed by atoms with Crippen molar-refractivity contribution in [1.82, 2.24) is 4.57 Å². The van der Waals surface area contributed by atoms with Crippen LogP contribution in [0.5, 0.6) is 0 Å². The van der Waals surface area contributed by atoms with Crippen LogP contribution in [0.15, 0.2) is 23.9 Å². The lowest BCUT2D eigenvalue weighted by Crippen LogP contribution is -2.39. The monoisotopic (exact) mass is 365 g/mol. The molecule has 0 aliphatic carbocycles. The molecule has 5 nitrogen and oxygen atoms in total. The van der Waals surface area contributed by atoms with E-state index < -0.39 is 0 Å². The largest absolute Gasteiger partial charge is 0.409 e. The Bertz CT molecular complexity index is 470. The first-order valence-electron chi connectivity index (χ1n) is 10.8. The number of imidazole rings is 1. The van der Waals surface area contributed by atoms with E-state index in [1.54, 1.807) is 0 Å². The van der Waals surface area contributed by atoms with Gasteiger partial charge in [0.15, 0.2) is 12.4 Å². The van der Waals surface area contributed by atoms with E-state index in [1.165, 1.54) is 89.9 Å². The van der Waals surface area contributed by atoms with Gasteiger partial charge < -0.3 is 10.9 Å². The molecule has 150 valence electrons. The molecule has 3 N–H and O–H groups in total. The van der Waals surface area contributed by atoms with Gasteiger partial charge in [-0.2, -0.15) is 0 Å². The standard InChI is InChI=1S/C21H40N4O/c1-2-3-4-5-6-7-8-9-10-11-12-13-14-15-16-24-17-18-25(20-24)19-21(22)23-26/h17-18,20H,2-16,19H2,1H3,(H2-,22,23,26)/p+1. The first-order chi connectivity index (χ1) is 12.8. The van der Waals surface area contributed by atoms with E-state index in [4.69, 9.17) is 10.9 Å². The van der Waals surface area contributed by atoms with E-state index in [9.17, 15) is 0 Å². The Morgan fingerprint density at radius 2 is 1.38 bits per heavy atom. The van der Waals surface area contributed by atoms with Gasteiger partial charge >= 0.3 is 0 Å². The minimum atomic E-state index is 0.226. The number of rotatable bonds is 17. The lowest BCUT2D eigenvalue weighted by molar-refractivity contribution is -0.681. The summed E-state index contributed by atoms with van der Waals surface area (Å²) < 4.78 is 4.10. The molecule has 0 unspecified atom stereocenters. The molecule has 1 aromatic rings. The molecule has 0 spiro atoms. The van der Waals surface area contributed by atoms with Gasteiger partial charge in [-0.3, -0.25) is 0 Å². The molecule has 1 aromatic heterocycles. The third-order valence-corrected chi connectivity index (χ3v) is 4.99.